The maximum absolute atomic E-state index is 11.9. The highest BCUT2D eigenvalue weighted by Crippen LogP contribution is 2.47. The molecule has 0 radical (unpaired) electrons. The average molecular weight is 222 g/mol. The molecule has 2 bridgehead atoms. The molecule has 0 spiro atoms. The first-order chi connectivity index (χ1) is 7.77. The van der Waals surface area contributed by atoms with Crippen LogP contribution in [0.15, 0.2) is 12.2 Å². The number of allylic oxidation sites excluding steroid dienone is 2. The van der Waals surface area contributed by atoms with Crippen LogP contribution >= 0.6 is 0 Å². The van der Waals surface area contributed by atoms with Gasteiger partial charge in [-0.15, -0.1) is 0 Å². The number of fused-ring (bicyclic) bond motifs is 2. The second-order valence-corrected chi connectivity index (χ2v) is 4.71. The van der Waals surface area contributed by atoms with Crippen molar-refractivity contribution in [3.05, 3.63) is 12.2 Å². The summed E-state index contributed by atoms with van der Waals surface area (Å²) in [5, 5.41) is 0. The molecule has 0 amide bonds. The van der Waals surface area contributed by atoms with Crippen LogP contribution in [0.2, 0.25) is 0 Å². The third-order valence-electron chi connectivity index (χ3n) is 3.69. The Morgan fingerprint density at radius 1 is 1.44 bits per heavy atom. The molecule has 16 heavy (non-hydrogen) atoms. The SMILES string of the molecule is CCCCOC(=O)C1C2C=CC(C2)C1C=O. The summed E-state index contributed by atoms with van der Waals surface area (Å²) in [7, 11) is 0. The Balaban J connectivity index is 1.95. The molecule has 4 unspecified atom stereocenters. The number of hydrogen-bond donors (Lipinski definition) is 0. The van der Waals surface area contributed by atoms with E-state index in [4.69, 9.17) is 4.74 Å². The molecule has 2 aliphatic carbocycles. The van der Waals surface area contributed by atoms with Gasteiger partial charge in [0.25, 0.3) is 0 Å². The van der Waals surface area contributed by atoms with Crippen molar-refractivity contribution in [2.45, 2.75) is 26.2 Å². The predicted octanol–water partition coefficient (Wildman–Crippen LogP) is 1.97. The van der Waals surface area contributed by atoms with Crippen molar-refractivity contribution in [3.63, 3.8) is 0 Å². The zero-order chi connectivity index (χ0) is 11.5. The molecule has 0 saturated heterocycles. The van der Waals surface area contributed by atoms with Crippen LogP contribution in [0, 0.1) is 23.7 Å². The van der Waals surface area contributed by atoms with E-state index >= 15 is 0 Å². The van der Waals surface area contributed by atoms with Crippen molar-refractivity contribution in [2.75, 3.05) is 6.61 Å². The summed E-state index contributed by atoms with van der Waals surface area (Å²) < 4.78 is 5.22. The van der Waals surface area contributed by atoms with Gasteiger partial charge in [0, 0.05) is 5.92 Å². The molecule has 88 valence electrons. The first kappa shape index (κ1) is 11.4. The average Bonchev–Trinajstić information content (AvgIpc) is 2.88. The molecule has 1 fully saturated rings. The lowest BCUT2D eigenvalue weighted by Crippen LogP contribution is -2.30. The van der Waals surface area contributed by atoms with E-state index in [-0.39, 0.29) is 29.6 Å². The lowest BCUT2D eigenvalue weighted by molar-refractivity contribution is -0.152. The molecular formula is C13H18O3. The molecule has 0 aliphatic heterocycles. The van der Waals surface area contributed by atoms with E-state index in [2.05, 4.69) is 19.1 Å². The topological polar surface area (TPSA) is 43.4 Å². The molecule has 0 heterocycles. The van der Waals surface area contributed by atoms with Crippen molar-refractivity contribution in [3.8, 4) is 0 Å². The molecule has 4 atom stereocenters. The van der Waals surface area contributed by atoms with Gasteiger partial charge in [-0.25, -0.2) is 0 Å². The van der Waals surface area contributed by atoms with E-state index in [0.29, 0.717) is 6.61 Å². The quantitative estimate of drug-likeness (QED) is 0.309. The minimum Gasteiger partial charge on any atom is -0.465 e. The van der Waals surface area contributed by atoms with Gasteiger partial charge in [-0.1, -0.05) is 25.5 Å². The Labute approximate surface area is 95.9 Å². The first-order valence-electron chi connectivity index (χ1n) is 6.08. The normalized spacial score (nSPS) is 35.3. The van der Waals surface area contributed by atoms with Gasteiger partial charge in [-0.2, -0.15) is 0 Å². The molecule has 3 heteroatoms. The van der Waals surface area contributed by atoms with E-state index in [9.17, 15) is 9.59 Å². The molecule has 0 aromatic carbocycles. The van der Waals surface area contributed by atoms with Gasteiger partial charge in [0.15, 0.2) is 0 Å². The molecule has 2 rings (SSSR count). The van der Waals surface area contributed by atoms with Gasteiger partial charge in [0.2, 0.25) is 0 Å². The number of carbonyl (C=O) groups is 2. The van der Waals surface area contributed by atoms with E-state index in [1.807, 2.05) is 0 Å². The second kappa shape index (κ2) is 4.81. The van der Waals surface area contributed by atoms with Gasteiger partial charge in [-0.3, -0.25) is 4.79 Å². The van der Waals surface area contributed by atoms with Crippen LogP contribution in [0.3, 0.4) is 0 Å². The van der Waals surface area contributed by atoms with Crippen LogP contribution in [0.1, 0.15) is 26.2 Å². The largest absolute Gasteiger partial charge is 0.465 e. The van der Waals surface area contributed by atoms with E-state index < -0.39 is 0 Å². The molecular weight excluding hydrogens is 204 g/mol. The Kier molecular flexibility index (Phi) is 3.42. The molecule has 1 saturated carbocycles. The van der Waals surface area contributed by atoms with Crippen molar-refractivity contribution in [1.29, 1.82) is 0 Å². The molecule has 2 aliphatic rings. The van der Waals surface area contributed by atoms with Crippen LogP contribution in [0.5, 0.6) is 0 Å². The number of carbonyl (C=O) groups excluding carboxylic acids is 2. The summed E-state index contributed by atoms with van der Waals surface area (Å²) in [6.07, 6.45) is 7.92. The summed E-state index contributed by atoms with van der Waals surface area (Å²) in [5.41, 5.74) is 0. The van der Waals surface area contributed by atoms with Crippen molar-refractivity contribution >= 4 is 12.3 Å². The van der Waals surface area contributed by atoms with E-state index in [0.717, 1.165) is 25.5 Å². The highest BCUT2D eigenvalue weighted by molar-refractivity contribution is 5.79. The maximum Gasteiger partial charge on any atom is 0.310 e. The van der Waals surface area contributed by atoms with Crippen molar-refractivity contribution in [1.82, 2.24) is 0 Å². The maximum atomic E-state index is 11.9. The Hall–Kier alpha value is -1.12. The van der Waals surface area contributed by atoms with E-state index in [1.165, 1.54) is 0 Å². The number of ether oxygens (including phenoxy) is 1. The van der Waals surface area contributed by atoms with Crippen LogP contribution in [-0.2, 0) is 14.3 Å². The van der Waals surface area contributed by atoms with Crippen LogP contribution in [0.25, 0.3) is 0 Å². The summed E-state index contributed by atoms with van der Waals surface area (Å²) in [6.45, 7) is 2.54. The van der Waals surface area contributed by atoms with Crippen molar-refractivity contribution < 1.29 is 14.3 Å². The predicted molar refractivity (Wildman–Crippen MR) is 59.6 cm³/mol. The lowest BCUT2D eigenvalue weighted by atomic mass is 9.84. The zero-order valence-electron chi connectivity index (χ0n) is 9.59. The van der Waals surface area contributed by atoms with E-state index in [1.54, 1.807) is 0 Å². The van der Waals surface area contributed by atoms with Gasteiger partial charge < -0.3 is 9.53 Å². The number of rotatable bonds is 5. The Morgan fingerprint density at radius 2 is 2.19 bits per heavy atom. The van der Waals surface area contributed by atoms with Crippen LogP contribution in [0.4, 0.5) is 0 Å². The third kappa shape index (κ3) is 1.91. The summed E-state index contributed by atoms with van der Waals surface area (Å²) in [4.78, 5) is 22.9. The van der Waals surface area contributed by atoms with Crippen LogP contribution in [-0.4, -0.2) is 18.9 Å². The number of esters is 1. The van der Waals surface area contributed by atoms with Gasteiger partial charge in [0.1, 0.15) is 6.29 Å². The molecule has 0 N–H and O–H groups in total. The molecule has 0 aromatic rings. The fourth-order valence-electron chi connectivity index (χ4n) is 2.79. The number of aldehydes is 1. The smallest absolute Gasteiger partial charge is 0.310 e. The third-order valence-corrected chi connectivity index (χ3v) is 3.69. The number of unbranched alkanes of at least 4 members (excludes halogenated alkanes) is 1. The first-order valence-corrected chi connectivity index (χ1v) is 6.08. The fraction of sp³-hybridized carbons (Fsp3) is 0.692. The summed E-state index contributed by atoms with van der Waals surface area (Å²) in [6, 6.07) is 0. The summed E-state index contributed by atoms with van der Waals surface area (Å²) >= 11 is 0. The van der Waals surface area contributed by atoms with Gasteiger partial charge in [-0.05, 0) is 24.7 Å². The fourth-order valence-corrected chi connectivity index (χ4v) is 2.79. The second-order valence-electron chi connectivity index (χ2n) is 4.71. The minimum atomic E-state index is -0.218. The molecule has 3 nitrogen and oxygen atoms in total. The van der Waals surface area contributed by atoms with Crippen LogP contribution < -0.4 is 0 Å². The highest BCUT2D eigenvalue weighted by Gasteiger charge is 2.48. The van der Waals surface area contributed by atoms with Gasteiger partial charge >= 0.3 is 5.97 Å². The summed E-state index contributed by atoms with van der Waals surface area (Å²) in [5.74, 6) is -0.0450. The number of hydrogen-bond acceptors (Lipinski definition) is 3. The monoisotopic (exact) mass is 222 g/mol. The Bertz CT molecular complexity index is 308. The lowest BCUT2D eigenvalue weighted by Gasteiger charge is -2.21. The standard InChI is InChI=1S/C13H18O3/c1-2-3-6-16-13(15)12-10-5-4-9(7-10)11(12)8-14/h4-5,8-12H,2-3,6-7H2,1H3. The molecule has 0 aromatic heterocycles. The highest BCUT2D eigenvalue weighted by atomic mass is 16.5. The van der Waals surface area contributed by atoms with Gasteiger partial charge in [0.05, 0.1) is 12.5 Å². The minimum absolute atomic E-state index is 0.149. The van der Waals surface area contributed by atoms with Crippen molar-refractivity contribution in [2.24, 2.45) is 23.7 Å². The zero-order valence-corrected chi connectivity index (χ0v) is 9.59. The Morgan fingerprint density at radius 3 is 2.88 bits per heavy atom.